The summed E-state index contributed by atoms with van der Waals surface area (Å²) in [5.41, 5.74) is 2.94. The maximum absolute atomic E-state index is 13.2. The number of hydrogen-bond donors (Lipinski definition) is 6. The van der Waals surface area contributed by atoms with Gasteiger partial charge < -0.3 is 30.1 Å². The summed E-state index contributed by atoms with van der Waals surface area (Å²) in [6.45, 7) is 6.52. The van der Waals surface area contributed by atoms with Crippen LogP contribution in [0.4, 0.5) is 15.8 Å². The Hall–Kier alpha value is -7.41. The summed E-state index contributed by atoms with van der Waals surface area (Å²) in [6, 6.07) is 10.7. The van der Waals surface area contributed by atoms with E-state index in [2.05, 4.69) is 40.3 Å². The van der Waals surface area contributed by atoms with Crippen molar-refractivity contribution in [1.29, 1.82) is 0 Å². The van der Waals surface area contributed by atoms with Crippen molar-refractivity contribution < 1.29 is 78.3 Å². The number of aliphatic hydroxyl groups excluding tert-OH is 2. The molecule has 9 aliphatic rings. The summed E-state index contributed by atoms with van der Waals surface area (Å²) >= 11 is 9.53. The van der Waals surface area contributed by atoms with Crippen molar-refractivity contribution in [2.75, 3.05) is 74.3 Å². The Morgan fingerprint density at radius 3 is 1.18 bits per heavy atom. The average molecular weight is 1310 g/mol. The number of aliphatic hydroxyl groups is 2. The largest absolute Gasteiger partial charge is 0.396 e. The van der Waals surface area contributed by atoms with Crippen LogP contribution >= 0.6 is 32.4 Å². The number of piperidine rings is 6. The minimum absolute atomic E-state index is 0.0537. The van der Waals surface area contributed by atoms with Gasteiger partial charge in [0.25, 0.3) is 35.4 Å². The SMILES string of the molecule is ClCCl.O=C1CCC(N2C(=O)c3ccc(F)cc3C2=O)C(=O)N1.O=C1CCC(N2C(=O)c3ccc(N4CCC(CCO)CC4)cc3C2=O)C(=O)N1.O=CCC1CCN(c2ccc3c(c2)C(=O)N(C2CCC(=O)NC2=O)C3=O)CC1.OCCC1CCNCC1.[2H]CP. The minimum atomic E-state index is -1.02. The Kier molecular flexibility index (Phi) is 25.2. The van der Waals surface area contributed by atoms with Crippen molar-refractivity contribution in [2.24, 2.45) is 17.8 Å². The van der Waals surface area contributed by atoms with E-state index in [9.17, 15) is 66.7 Å². The van der Waals surface area contributed by atoms with Gasteiger partial charge in [-0.2, -0.15) is 0 Å². The van der Waals surface area contributed by atoms with Crippen LogP contribution in [-0.4, -0.2) is 185 Å². The fraction of sp³-hybridized carbons (Fsp3) is 0.500. The third-order valence-electron chi connectivity index (χ3n) is 17.2. The van der Waals surface area contributed by atoms with Crippen molar-refractivity contribution >= 4 is 121 Å². The number of carbonyl (C=O) groups is 13. The molecule has 0 saturated carbocycles. The van der Waals surface area contributed by atoms with E-state index >= 15 is 0 Å². The molecule has 12 amide bonds. The zero-order chi connectivity index (χ0) is 66.1. The number of fused-ring (bicyclic) bond motifs is 3. The zero-order valence-corrected chi connectivity index (χ0v) is 52.2. The molecule has 0 aliphatic carbocycles. The summed E-state index contributed by atoms with van der Waals surface area (Å²) < 4.78 is 19.3. The highest BCUT2D eigenvalue weighted by Gasteiger charge is 2.48. The van der Waals surface area contributed by atoms with Crippen LogP contribution < -0.4 is 31.1 Å². The number of aldehydes is 1. The van der Waals surface area contributed by atoms with Gasteiger partial charge in [-0.15, -0.1) is 32.4 Å². The predicted octanol–water partition coefficient (Wildman–Crippen LogP) is 4.09. The number of nitrogens with zero attached hydrogens (tertiary/aromatic N) is 5. The Bertz CT molecular complexity index is 3270. The molecule has 12 rings (SSSR count). The first-order valence-corrected chi connectivity index (χ1v) is 31.8. The normalized spacial score (nSPS) is 22.0. The predicted molar refractivity (Wildman–Crippen MR) is 331 cm³/mol. The first-order chi connectivity index (χ1) is 43.7. The molecule has 6 N–H and O–H groups in total. The summed E-state index contributed by atoms with van der Waals surface area (Å²) in [4.78, 5) is 163. The number of anilines is 2. The fourth-order valence-electron chi connectivity index (χ4n) is 12.3. The van der Waals surface area contributed by atoms with Crippen molar-refractivity contribution in [1.82, 2.24) is 36.0 Å². The number of rotatable bonds is 11. The number of alkyl halides is 2. The molecule has 0 spiro atoms. The van der Waals surface area contributed by atoms with E-state index in [1.807, 2.05) is 12.1 Å². The lowest BCUT2D eigenvalue weighted by Gasteiger charge is -2.33. The van der Waals surface area contributed by atoms with Crippen LogP contribution in [0.25, 0.3) is 0 Å². The highest BCUT2D eigenvalue weighted by atomic mass is 35.5. The lowest BCUT2D eigenvalue weighted by Crippen LogP contribution is -2.54. The van der Waals surface area contributed by atoms with Crippen LogP contribution in [0.2, 0.25) is 0 Å². The lowest BCUT2D eigenvalue weighted by atomic mass is 9.93. The zero-order valence-electron chi connectivity index (χ0n) is 50.6. The van der Waals surface area contributed by atoms with Gasteiger partial charge in [-0.25, -0.2) is 4.39 Å². The molecule has 484 valence electrons. The van der Waals surface area contributed by atoms with Crippen LogP contribution in [0.5, 0.6) is 0 Å². The van der Waals surface area contributed by atoms with Gasteiger partial charge in [-0.05, 0) is 156 Å². The Labute approximate surface area is 533 Å². The Morgan fingerprint density at radius 1 is 0.511 bits per heavy atom. The molecule has 4 atom stereocenters. The second kappa shape index (κ2) is 33.1. The van der Waals surface area contributed by atoms with Crippen molar-refractivity contribution in [2.45, 2.75) is 114 Å². The number of nitrogens with one attached hydrogen (secondary N) is 4. The maximum Gasteiger partial charge on any atom is 0.262 e. The average Bonchev–Trinajstić information content (AvgIpc) is 1.64. The van der Waals surface area contributed by atoms with Gasteiger partial charge in [0, 0.05) is 77.8 Å². The number of halogens is 3. The quantitative estimate of drug-likeness (QED) is 0.0681. The summed E-state index contributed by atoms with van der Waals surface area (Å²) in [5.74, 6) is -5.33. The third-order valence-corrected chi connectivity index (χ3v) is 17.2. The molecule has 9 heterocycles. The molecule has 24 nitrogen and oxygen atoms in total. The number of carbonyl (C=O) groups excluding carboxylic acids is 13. The van der Waals surface area contributed by atoms with E-state index in [1.54, 1.807) is 24.3 Å². The molecule has 4 unspecified atom stereocenters. The lowest BCUT2D eigenvalue weighted by molar-refractivity contribution is -0.137. The molecule has 28 heteroatoms. The highest BCUT2D eigenvalue weighted by molar-refractivity contribution is 7.15. The van der Waals surface area contributed by atoms with E-state index in [-0.39, 0.29) is 73.1 Å². The summed E-state index contributed by atoms with van der Waals surface area (Å²) in [7, 11) is 2.25. The maximum atomic E-state index is 13.2. The van der Waals surface area contributed by atoms with Crippen molar-refractivity contribution in [3.63, 3.8) is 0 Å². The van der Waals surface area contributed by atoms with Crippen LogP contribution in [0.15, 0.2) is 54.6 Å². The van der Waals surface area contributed by atoms with Gasteiger partial charge >= 0.3 is 0 Å². The number of amides is 12. The molecule has 3 aromatic carbocycles. The van der Waals surface area contributed by atoms with E-state index in [4.69, 9.17) is 34.8 Å². The molecule has 0 bridgehead atoms. The van der Waals surface area contributed by atoms with Gasteiger partial charge in [-0.1, -0.05) is 6.64 Å². The molecule has 3 aromatic rings. The first kappa shape index (κ1) is 68.5. The molecule has 6 fully saturated rings. The molecule has 0 aromatic heterocycles. The molecule has 90 heavy (non-hydrogen) atoms. The first-order valence-electron chi connectivity index (χ1n) is 30.6. The Morgan fingerprint density at radius 2 is 0.833 bits per heavy atom. The standard InChI is InChI=1S/C20H23N3O5.C20H21N3O5.C13H9FN2O4.C7H15NO.CH2Cl2.CH5P/c2*24-10-7-12-5-8-22(9-6-12)13-1-2-14-15(11-13)20(28)23(19(14)27)16-3-4-17(25)21-18(16)26;14-6-1-2-7-8(5-6)13(20)16(12(7)19)9-3-4-10(17)15-11(9)18;9-6-3-7-1-4-8-5-2-7;2-1-3;1-2/h1-2,11-12,16,24H,3-10H2,(H,21,25,26);1-2,10-12,16H,3-9H2,(H,21,25,26);1-2,5,9H,3-4H2,(H,15,17,18);7-9H,1-6H2;1H2;2H2,1H3/i;;;;;1D. The monoisotopic (exact) mass is 1310 g/mol. The summed E-state index contributed by atoms with van der Waals surface area (Å²) in [6.07, 6.45) is 10.3. The third kappa shape index (κ3) is 16.6. The van der Waals surface area contributed by atoms with Crippen molar-refractivity contribution in [3.8, 4) is 0 Å². The smallest absolute Gasteiger partial charge is 0.262 e. The number of imide groups is 6. The highest BCUT2D eigenvalue weighted by Crippen LogP contribution is 2.35. The number of benzene rings is 3. The van der Waals surface area contributed by atoms with Gasteiger partial charge in [0.1, 0.15) is 30.2 Å². The van der Waals surface area contributed by atoms with E-state index < -0.39 is 88.9 Å². The fourth-order valence-corrected chi connectivity index (χ4v) is 12.3. The van der Waals surface area contributed by atoms with Gasteiger partial charge in [0.15, 0.2) is 0 Å². The Balaban J connectivity index is 0.000000176. The van der Waals surface area contributed by atoms with Crippen LogP contribution in [0.3, 0.4) is 0 Å². The van der Waals surface area contributed by atoms with Crippen LogP contribution in [-0.2, 0) is 33.6 Å². The molecule has 6 saturated heterocycles. The van der Waals surface area contributed by atoms with Gasteiger partial charge in [0.2, 0.25) is 35.4 Å². The van der Waals surface area contributed by atoms with Crippen molar-refractivity contribution in [3.05, 3.63) is 93.8 Å². The second-order valence-electron chi connectivity index (χ2n) is 22.6. The van der Waals surface area contributed by atoms with Gasteiger partial charge in [-0.3, -0.25) is 88.2 Å². The topological polar surface area (TPSA) is 327 Å². The molecular weight excluding hydrogens is 1230 g/mol. The molecule has 9 aliphatic heterocycles. The second-order valence-corrected chi connectivity index (χ2v) is 23.4. The van der Waals surface area contributed by atoms with E-state index in [1.165, 1.54) is 18.9 Å². The molecular formula is C62H75Cl2FN9O15P. The minimum Gasteiger partial charge on any atom is -0.396 e. The van der Waals surface area contributed by atoms with Gasteiger partial charge in [0.05, 0.1) is 38.7 Å². The van der Waals surface area contributed by atoms with Crippen LogP contribution in [0.1, 0.15) is 160 Å². The van der Waals surface area contributed by atoms with E-state index in [0.717, 1.165) is 128 Å². The molecule has 0 radical (unpaired) electrons. The number of hydrogen-bond acceptors (Lipinski definition) is 18. The van der Waals surface area contributed by atoms with Crippen LogP contribution in [0, 0.1) is 23.6 Å². The van der Waals surface area contributed by atoms with E-state index in [0.29, 0.717) is 48.2 Å². The summed E-state index contributed by atoms with van der Waals surface area (Å²) in [5, 5.41) is 27.7.